The molecular formula is C21H31N3O. The summed E-state index contributed by atoms with van der Waals surface area (Å²) in [6.07, 6.45) is 2.09. The third-order valence-electron chi connectivity index (χ3n) is 4.68. The minimum Gasteiger partial charge on any atom is -0.391 e. The van der Waals surface area contributed by atoms with Gasteiger partial charge < -0.3 is 15.7 Å². The third kappa shape index (κ3) is 4.51. The molecule has 25 heavy (non-hydrogen) atoms. The van der Waals surface area contributed by atoms with Gasteiger partial charge >= 0.3 is 0 Å². The highest BCUT2D eigenvalue weighted by molar-refractivity contribution is 5.71. The van der Waals surface area contributed by atoms with Gasteiger partial charge in [0.05, 0.1) is 6.61 Å². The fourth-order valence-electron chi connectivity index (χ4n) is 3.30. The van der Waals surface area contributed by atoms with Crippen LogP contribution in [-0.4, -0.2) is 16.1 Å². The maximum atomic E-state index is 9.99. The van der Waals surface area contributed by atoms with Crippen molar-refractivity contribution in [3.63, 3.8) is 0 Å². The molecule has 2 aromatic rings. The largest absolute Gasteiger partial charge is 0.391 e. The summed E-state index contributed by atoms with van der Waals surface area (Å²) < 4.78 is 0. The number of anilines is 3. The number of aliphatic hydroxyl groups is 1. The summed E-state index contributed by atoms with van der Waals surface area (Å²) in [7, 11) is 0. The van der Waals surface area contributed by atoms with Gasteiger partial charge in [-0.25, -0.2) is 4.98 Å². The Morgan fingerprint density at radius 3 is 2.12 bits per heavy atom. The Morgan fingerprint density at radius 1 is 1.00 bits per heavy atom. The maximum absolute atomic E-state index is 9.99. The Bertz CT molecular complexity index is 713. The highest BCUT2D eigenvalue weighted by Crippen LogP contribution is 2.31. The number of aryl methyl sites for hydroxylation is 4. The second-order valence-corrected chi connectivity index (χ2v) is 6.85. The zero-order valence-corrected chi connectivity index (χ0v) is 16.3. The normalized spacial score (nSPS) is 11.0. The average Bonchev–Trinajstić information content (AvgIpc) is 2.55. The van der Waals surface area contributed by atoms with Crippen molar-refractivity contribution in [3.8, 4) is 0 Å². The lowest BCUT2D eigenvalue weighted by Gasteiger charge is -2.22. The van der Waals surface area contributed by atoms with Crippen molar-refractivity contribution >= 4 is 17.2 Å². The van der Waals surface area contributed by atoms with Gasteiger partial charge in [-0.15, -0.1) is 0 Å². The van der Waals surface area contributed by atoms with Crippen molar-refractivity contribution in [2.45, 2.75) is 67.0 Å². The SMILES string of the molecule is CCC(CC)Nc1cc(C)nc(Nc2c(C)cc(C)cc2C)c1CO. The van der Waals surface area contributed by atoms with Crippen LogP contribution >= 0.6 is 0 Å². The van der Waals surface area contributed by atoms with Gasteiger partial charge in [-0.1, -0.05) is 31.5 Å². The Labute approximate surface area is 151 Å². The summed E-state index contributed by atoms with van der Waals surface area (Å²) in [4.78, 5) is 4.65. The number of hydrogen-bond donors (Lipinski definition) is 3. The molecule has 0 radical (unpaired) electrons. The summed E-state index contributed by atoms with van der Waals surface area (Å²) in [5.74, 6) is 0.728. The highest BCUT2D eigenvalue weighted by atomic mass is 16.3. The summed E-state index contributed by atoms with van der Waals surface area (Å²) in [6, 6.07) is 6.73. The van der Waals surface area contributed by atoms with Crippen LogP contribution in [0.15, 0.2) is 18.2 Å². The fraction of sp³-hybridized carbons (Fsp3) is 0.476. The van der Waals surface area contributed by atoms with Crippen molar-refractivity contribution in [3.05, 3.63) is 46.1 Å². The van der Waals surface area contributed by atoms with E-state index in [0.717, 1.165) is 41.3 Å². The van der Waals surface area contributed by atoms with E-state index in [4.69, 9.17) is 0 Å². The Balaban J connectivity index is 2.46. The van der Waals surface area contributed by atoms with Crippen molar-refractivity contribution in [2.24, 2.45) is 0 Å². The van der Waals surface area contributed by atoms with Crippen molar-refractivity contribution in [1.29, 1.82) is 0 Å². The molecule has 4 heteroatoms. The van der Waals surface area contributed by atoms with E-state index < -0.39 is 0 Å². The summed E-state index contributed by atoms with van der Waals surface area (Å²) in [6.45, 7) is 12.6. The van der Waals surface area contributed by atoms with Crippen molar-refractivity contribution in [1.82, 2.24) is 4.98 Å². The lowest BCUT2D eigenvalue weighted by Crippen LogP contribution is -2.19. The highest BCUT2D eigenvalue weighted by Gasteiger charge is 2.15. The zero-order chi connectivity index (χ0) is 18.6. The first-order valence-electron chi connectivity index (χ1n) is 9.12. The molecule has 0 saturated heterocycles. The van der Waals surface area contributed by atoms with Gasteiger partial charge in [0.1, 0.15) is 5.82 Å². The number of aliphatic hydroxyl groups excluding tert-OH is 1. The first kappa shape index (κ1) is 19.3. The first-order chi connectivity index (χ1) is 11.9. The molecule has 2 rings (SSSR count). The van der Waals surface area contributed by atoms with Gasteiger partial charge in [0.25, 0.3) is 0 Å². The summed E-state index contributed by atoms with van der Waals surface area (Å²) in [5, 5.41) is 17.0. The van der Waals surface area contributed by atoms with Crippen LogP contribution in [0.25, 0.3) is 0 Å². The topological polar surface area (TPSA) is 57.2 Å². The van der Waals surface area contributed by atoms with E-state index in [0.29, 0.717) is 6.04 Å². The molecular weight excluding hydrogens is 310 g/mol. The van der Waals surface area contributed by atoms with E-state index in [1.165, 1.54) is 16.7 Å². The molecule has 1 aromatic heterocycles. The molecule has 0 bridgehead atoms. The predicted octanol–water partition coefficient (Wildman–Crippen LogP) is 5.15. The van der Waals surface area contributed by atoms with E-state index in [1.807, 2.05) is 13.0 Å². The number of rotatable bonds is 7. The van der Waals surface area contributed by atoms with E-state index in [2.05, 4.69) is 62.4 Å². The monoisotopic (exact) mass is 341 g/mol. The molecule has 0 amide bonds. The van der Waals surface area contributed by atoms with Crippen LogP contribution in [0.5, 0.6) is 0 Å². The van der Waals surface area contributed by atoms with Gasteiger partial charge in [-0.2, -0.15) is 0 Å². The Morgan fingerprint density at radius 2 is 1.60 bits per heavy atom. The van der Waals surface area contributed by atoms with Gasteiger partial charge in [-0.05, 0) is 57.7 Å². The van der Waals surface area contributed by atoms with Crippen LogP contribution in [0, 0.1) is 27.7 Å². The quantitative estimate of drug-likeness (QED) is 0.652. The van der Waals surface area contributed by atoms with Crippen LogP contribution in [0.4, 0.5) is 17.2 Å². The van der Waals surface area contributed by atoms with Gasteiger partial charge in [0.2, 0.25) is 0 Å². The molecule has 0 spiro atoms. The minimum absolute atomic E-state index is 0.0535. The van der Waals surface area contributed by atoms with Crippen LogP contribution in [0.3, 0.4) is 0 Å². The maximum Gasteiger partial charge on any atom is 0.138 e. The minimum atomic E-state index is -0.0535. The second kappa shape index (κ2) is 8.34. The predicted molar refractivity (Wildman–Crippen MR) is 107 cm³/mol. The molecule has 0 aliphatic carbocycles. The van der Waals surface area contributed by atoms with Gasteiger partial charge in [0.15, 0.2) is 0 Å². The molecule has 1 heterocycles. The molecule has 0 fully saturated rings. The molecule has 1 aromatic carbocycles. The molecule has 0 aliphatic heterocycles. The number of nitrogens with one attached hydrogen (secondary N) is 2. The summed E-state index contributed by atoms with van der Waals surface area (Å²) in [5.41, 5.74) is 7.38. The third-order valence-corrected chi connectivity index (χ3v) is 4.68. The van der Waals surface area contributed by atoms with Crippen molar-refractivity contribution in [2.75, 3.05) is 10.6 Å². The molecule has 0 saturated carbocycles. The van der Waals surface area contributed by atoms with Gasteiger partial charge in [0, 0.05) is 28.7 Å². The molecule has 3 N–H and O–H groups in total. The molecule has 4 nitrogen and oxygen atoms in total. The number of nitrogens with zero attached hydrogens (tertiary/aromatic N) is 1. The molecule has 0 aliphatic rings. The van der Waals surface area contributed by atoms with Gasteiger partial charge in [-0.3, -0.25) is 0 Å². The van der Waals surface area contributed by atoms with E-state index >= 15 is 0 Å². The second-order valence-electron chi connectivity index (χ2n) is 6.85. The van der Waals surface area contributed by atoms with Crippen LogP contribution in [0.2, 0.25) is 0 Å². The number of hydrogen-bond acceptors (Lipinski definition) is 4. The first-order valence-corrected chi connectivity index (χ1v) is 9.12. The van der Waals surface area contributed by atoms with E-state index in [9.17, 15) is 5.11 Å². The van der Waals surface area contributed by atoms with E-state index in [-0.39, 0.29) is 6.61 Å². The number of benzene rings is 1. The lowest BCUT2D eigenvalue weighted by atomic mass is 10.0. The van der Waals surface area contributed by atoms with Crippen LogP contribution < -0.4 is 10.6 Å². The zero-order valence-electron chi connectivity index (χ0n) is 16.3. The smallest absolute Gasteiger partial charge is 0.138 e. The Kier molecular flexibility index (Phi) is 6.43. The Hall–Kier alpha value is -2.07. The fourth-order valence-corrected chi connectivity index (χ4v) is 3.30. The number of aromatic nitrogens is 1. The molecule has 0 unspecified atom stereocenters. The standard InChI is InChI=1S/C21H31N3O/c1-7-17(8-2)23-19-11-16(6)22-21(18(19)12-25)24-20-14(4)9-13(3)10-15(20)5/h9-11,17,25H,7-8,12H2,1-6H3,(H2,22,23,24). The van der Waals surface area contributed by atoms with E-state index in [1.54, 1.807) is 0 Å². The van der Waals surface area contributed by atoms with Crippen LogP contribution in [-0.2, 0) is 6.61 Å². The molecule has 136 valence electrons. The lowest BCUT2D eigenvalue weighted by molar-refractivity contribution is 0.282. The summed E-state index contributed by atoms with van der Waals surface area (Å²) >= 11 is 0. The average molecular weight is 341 g/mol. The number of pyridine rings is 1. The van der Waals surface area contributed by atoms with Crippen LogP contribution in [0.1, 0.15) is 54.6 Å². The van der Waals surface area contributed by atoms with Crippen molar-refractivity contribution < 1.29 is 5.11 Å². The molecule has 0 atom stereocenters.